The SMILES string of the molecule is O=C(Cn1nc(N2C(=O)c3ccccc3C2=O)c2cc(F)c(Nc3cccc4c3CCC4)nc21)c1ccccc1. The number of hydrogen-bond acceptors (Lipinski definition) is 6. The number of Topliss-reactive ketones (excluding diaryl/α,β-unsaturated/α-hetero) is 1. The number of imide groups is 1. The molecule has 2 aromatic heterocycles. The van der Waals surface area contributed by atoms with Gasteiger partial charge in [0.05, 0.1) is 16.5 Å². The molecule has 9 heteroatoms. The van der Waals surface area contributed by atoms with Gasteiger partial charge in [-0.15, -0.1) is 0 Å². The lowest BCUT2D eigenvalue weighted by molar-refractivity contribution is 0.0924. The van der Waals surface area contributed by atoms with Gasteiger partial charge in [0.15, 0.2) is 28.9 Å². The Morgan fingerprint density at radius 1 is 0.900 bits per heavy atom. The van der Waals surface area contributed by atoms with Gasteiger partial charge in [-0.05, 0) is 54.7 Å². The quantitative estimate of drug-likeness (QED) is 0.230. The fourth-order valence-corrected chi connectivity index (χ4v) is 5.52. The maximum absolute atomic E-state index is 15.6. The van der Waals surface area contributed by atoms with Gasteiger partial charge in [-0.25, -0.2) is 19.0 Å². The van der Waals surface area contributed by atoms with Crippen LogP contribution in [0.25, 0.3) is 11.0 Å². The maximum Gasteiger partial charge on any atom is 0.267 e. The molecule has 1 aliphatic carbocycles. The van der Waals surface area contributed by atoms with Crippen LogP contribution in [0.4, 0.5) is 21.7 Å². The molecule has 8 nitrogen and oxygen atoms in total. The lowest BCUT2D eigenvalue weighted by atomic mass is 10.1. The molecule has 0 saturated heterocycles. The largest absolute Gasteiger partial charge is 0.337 e. The van der Waals surface area contributed by atoms with E-state index >= 15 is 4.39 Å². The number of benzene rings is 3. The highest BCUT2D eigenvalue weighted by Crippen LogP contribution is 2.36. The van der Waals surface area contributed by atoms with Gasteiger partial charge in [-0.1, -0.05) is 54.6 Å². The Bertz CT molecular complexity index is 1830. The molecule has 3 aromatic carbocycles. The van der Waals surface area contributed by atoms with Gasteiger partial charge < -0.3 is 5.32 Å². The molecular weight excluding hydrogens is 509 g/mol. The van der Waals surface area contributed by atoms with E-state index in [1.54, 1.807) is 48.5 Å². The molecule has 0 spiro atoms. The number of anilines is 3. The lowest BCUT2D eigenvalue weighted by Crippen LogP contribution is -2.30. The summed E-state index contributed by atoms with van der Waals surface area (Å²) in [5.41, 5.74) is 4.23. The Morgan fingerprint density at radius 3 is 2.38 bits per heavy atom. The van der Waals surface area contributed by atoms with Crippen LogP contribution < -0.4 is 10.2 Å². The fourth-order valence-electron chi connectivity index (χ4n) is 5.52. The molecule has 0 radical (unpaired) electrons. The molecule has 0 bridgehead atoms. The van der Waals surface area contributed by atoms with Gasteiger partial charge in [0, 0.05) is 11.3 Å². The standard InChI is InChI=1S/C31H22FN5O3/c32-24-16-23-28(34-27(24)33-25-15-7-11-18-10-6-14-20(18)25)36(17-26(38)19-8-2-1-3-9-19)35-29(23)37-30(39)21-12-4-5-13-22(21)31(37)40/h1-5,7-9,11-13,15-16H,6,10,14,17H2,(H,33,34). The number of rotatable bonds is 6. The zero-order valence-corrected chi connectivity index (χ0v) is 21.2. The summed E-state index contributed by atoms with van der Waals surface area (Å²) < 4.78 is 16.9. The second kappa shape index (κ2) is 9.23. The Kier molecular flexibility index (Phi) is 5.52. The minimum absolute atomic E-state index is 0.0324. The molecule has 2 amide bonds. The summed E-state index contributed by atoms with van der Waals surface area (Å²) in [7, 11) is 0. The van der Waals surface area contributed by atoms with Gasteiger partial charge in [0.2, 0.25) is 0 Å². The summed E-state index contributed by atoms with van der Waals surface area (Å²) in [4.78, 5) is 45.1. The smallest absolute Gasteiger partial charge is 0.267 e. The molecule has 2 aliphatic rings. The van der Waals surface area contributed by atoms with E-state index in [0.29, 0.717) is 5.56 Å². The van der Waals surface area contributed by atoms with Crippen LogP contribution in [0.3, 0.4) is 0 Å². The summed E-state index contributed by atoms with van der Waals surface area (Å²) in [6.07, 6.45) is 2.88. The molecule has 7 rings (SSSR count). The summed E-state index contributed by atoms with van der Waals surface area (Å²) in [5.74, 6) is -2.15. The van der Waals surface area contributed by atoms with Gasteiger partial charge >= 0.3 is 0 Å². The van der Waals surface area contributed by atoms with E-state index in [-0.39, 0.29) is 46.1 Å². The van der Waals surface area contributed by atoms with E-state index in [1.807, 2.05) is 18.2 Å². The average Bonchev–Trinajstić information content (AvgIpc) is 3.65. The van der Waals surface area contributed by atoms with Crippen molar-refractivity contribution in [2.24, 2.45) is 0 Å². The number of nitrogens with zero attached hydrogens (tertiary/aromatic N) is 4. The first-order valence-electron chi connectivity index (χ1n) is 13.0. The number of amides is 2. The number of nitrogens with one attached hydrogen (secondary N) is 1. The van der Waals surface area contributed by atoms with Crippen molar-refractivity contribution in [3.05, 3.63) is 112 Å². The molecular formula is C31H22FN5O3. The second-order valence-electron chi connectivity index (χ2n) is 9.87. The van der Waals surface area contributed by atoms with Crippen molar-refractivity contribution in [2.75, 3.05) is 10.2 Å². The molecule has 3 heterocycles. The van der Waals surface area contributed by atoms with Crippen LogP contribution in [0.5, 0.6) is 0 Å². The third-order valence-corrected chi connectivity index (χ3v) is 7.45. The van der Waals surface area contributed by atoms with Gasteiger partial charge in [0.25, 0.3) is 11.8 Å². The monoisotopic (exact) mass is 531 g/mol. The molecule has 196 valence electrons. The Balaban J connectivity index is 1.35. The predicted molar refractivity (Wildman–Crippen MR) is 148 cm³/mol. The van der Waals surface area contributed by atoms with E-state index < -0.39 is 17.6 Å². The van der Waals surface area contributed by atoms with Crippen LogP contribution in [0.15, 0.2) is 78.9 Å². The summed E-state index contributed by atoms with van der Waals surface area (Å²) in [5, 5.41) is 7.77. The van der Waals surface area contributed by atoms with Crippen molar-refractivity contribution in [3.8, 4) is 0 Å². The number of aromatic nitrogens is 3. The topological polar surface area (TPSA) is 97.2 Å². The Hall–Kier alpha value is -5.18. The highest BCUT2D eigenvalue weighted by Gasteiger charge is 2.39. The minimum Gasteiger partial charge on any atom is -0.337 e. The fraction of sp³-hybridized carbons (Fsp3) is 0.129. The van der Waals surface area contributed by atoms with Gasteiger partial charge in [0.1, 0.15) is 6.54 Å². The minimum atomic E-state index is -0.671. The highest BCUT2D eigenvalue weighted by atomic mass is 19.1. The third-order valence-electron chi connectivity index (χ3n) is 7.45. The van der Waals surface area contributed by atoms with Crippen molar-refractivity contribution >= 4 is 46.0 Å². The van der Waals surface area contributed by atoms with E-state index in [4.69, 9.17) is 0 Å². The summed E-state index contributed by atoms with van der Waals surface area (Å²) in [6.45, 7) is -0.220. The van der Waals surface area contributed by atoms with Crippen molar-refractivity contribution in [3.63, 3.8) is 0 Å². The van der Waals surface area contributed by atoms with Gasteiger partial charge in [-0.2, -0.15) is 5.10 Å². The molecule has 1 N–H and O–H groups in total. The van der Waals surface area contributed by atoms with E-state index in [2.05, 4.69) is 21.5 Å². The zero-order chi connectivity index (χ0) is 27.4. The Morgan fingerprint density at radius 2 is 1.62 bits per heavy atom. The summed E-state index contributed by atoms with van der Waals surface area (Å²) in [6, 6.07) is 22.3. The van der Waals surface area contributed by atoms with Crippen molar-refractivity contribution in [1.29, 1.82) is 0 Å². The van der Waals surface area contributed by atoms with E-state index in [9.17, 15) is 14.4 Å². The van der Waals surface area contributed by atoms with Crippen LogP contribution in [0, 0.1) is 5.82 Å². The molecule has 0 atom stereocenters. The highest BCUT2D eigenvalue weighted by molar-refractivity contribution is 6.35. The van der Waals surface area contributed by atoms with Crippen molar-refractivity contribution in [2.45, 2.75) is 25.8 Å². The predicted octanol–water partition coefficient (Wildman–Crippen LogP) is 5.49. The first kappa shape index (κ1) is 23.9. The molecule has 0 unspecified atom stereocenters. The number of halogens is 1. The number of ketones is 1. The second-order valence-corrected chi connectivity index (χ2v) is 9.87. The van der Waals surface area contributed by atoms with Crippen molar-refractivity contribution < 1.29 is 18.8 Å². The van der Waals surface area contributed by atoms with Crippen LogP contribution in [0.2, 0.25) is 0 Å². The summed E-state index contributed by atoms with van der Waals surface area (Å²) >= 11 is 0. The van der Waals surface area contributed by atoms with Crippen molar-refractivity contribution in [1.82, 2.24) is 14.8 Å². The molecule has 40 heavy (non-hydrogen) atoms. The van der Waals surface area contributed by atoms with Crippen LogP contribution in [0.1, 0.15) is 48.6 Å². The van der Waals surface area contributed by atoms with E-state index in [0.717, 1.165) is 35.4 Å². The maximum atomic E-state index is 15.6. The normalized spacial score (nSPS) is 14.1. The number of carbonyl (C=O) groups excluding carboxylic acids is 3. The molecule has 0 saturated carbocycles. The number of aryl methyl sites for hydroxylation is 1. The van der Waals surface area contributed by atoms with Crippen LogP contribution in [-0.2, 0) is 19.4 Å². The molecule has 0 fully saturated rings. The van der Waals surface area contributed by atoms with Crippen LogP contribution in [-0.4, -0.2) is 32.4 Å². The molecule has 5 aromatic rings. The number of carbonyl (C=O) groups is 3. The van der Waals surface area contributed by atoms with Crippen LogP contribution >= 0.6 is 0 Å². The lowest BCUT2D eigenvalue weighted by Gasteiger charge is -2.13. The third kappa shape index (κ3) is 3.78. The van der Waals surface area contributed by atoms with Gasteiger partial charge in [-0.3, -0.25) is 14.4 Å². The Labute approximate surface area is 228 Å². The zero-order valence-electron chi connectivity index (χ0n) is 21.2. The average molecular weight is 532 g/mol. The number of hydrogen-bond donors (Lipinski definition) is 1. The number of fused-ring (bicyclic) bond motifs is 3. The number of pyridine rings is 1. The molecule has 1 aliphatic heterocycles. The van der Waals surface area contributed by atoms with E-state index in [1.165, 1.54) is 16.3 Å². The first-order valence-corrected chi connectivity index (χ1v) is 13.0. The first-order chi connectivity index (χ1) is 19.5.